The van der Waals surface area contributed by atoms with Crippen LogP contribution in [-0.4, -0.2) is 36.1 Å². The fraction of sp³-hybridized carbons (Fsp3) is 0.520. The number of non-ortho nitro benzene ring substituents is 1. The topological polar surface area (TPSA) is 58.9 Å². The SMILES string of the molecule is CC(C)CN(CC(C)C)c1ccc([N+](=O)[O-])cc1[C@@H]1OCCCN1Cc1ccc(Cl)cc1. The molecule has 174 valence electrons. The molecule has 3 rings (SSSR count). The van der Waals surface area contributed by atoms with E-state index in [0.29, 0.717) is 30.0 Å². The molecule has 1 atom stereocenters. The van der Waals surface area contributed by atoms with Crippen molar-refractivity contribution >= 4 is 23.0 Å². The van der Waals surface area contributed by atoms with Gasteiger partial charge in [0.25, 0.3) is 5.69 Å². The molecule has 0 aromatic heterocycles. The molecular formula is C25H34ClN3O3. The molecule has 0 aliphatic carbocycles. The lowest BCUT2D eigenvalue weighted by Gasteiger charge is -2.39. The van der Waals surface area contributed by atoms with E-state index in [2.05, 4.69) is 37.5 Å². The van der Waals surface area contributed by atoms with E-state index in [9.17, 15) is 10.1 Å². The molecule has 0 radical (unpaired) electrons. The highest BCUT2D eigenvalue weighted by molar-refractivity contribution is 6.30. The normalized spacial score (nSPS) is 17.2. The lowest BCUT2D eigenvalue weighted by atomic mass is 10.0. The summed E-state index contributed by atoms with van der Waals surface area (Å²) in [4.78, 5) is 15.9. The molecule has 32 heavy (non-hydrogen) atoms. The number of hydrogen-bond donors (Lipinski definition) is 0. The van der Waals surface area contributed by atoms with Crippen LogP contribution in [0.2, 0.25) is 5.02 Å². The van der Waals surface area contributed by atoms with Crippen LogP contribution in [0.25, 0.3) is 0 Å². The molecule has 6 nitrogen and oxygen atoms in total. The zero-order chi connectivity index (χ0) is 23.3. The van der Waals surface area contributed by atoms with Crippen molar-refractivity contribution in [2.45, 2.75) is 46.9 Å². The van der Waals surface area contributed by atoms with Gasteiger partial charge in [-0.2, -0.15) is 0 Å². The minimum atomic E-state index is -0.337. The molecule has 2 aromatic carbocycles. The minimum Gasteiger partial charge on any atom is -0.371 e. The Kier molecular flexibility index (Phi) is 8.51. The Labute approximate surface area is 196 Å². The fourth-order valence-electron chi connectivity index (χ4n) is 4.25. The largest absolute Gasteiger partial charge is 0.371 e. The number of ether oxygens (including phenoxy) is 1. The number of halogens is 1. The maximum absolute atomic E-state index is 11.6. The summed E-state index contributed by atoms with van der Waals surface area (Å²) in [7, 11) is 0. The van der Waals surface area contributed by atoms with Gasteiger partial charge in [-0.15, -0.1) is 0 Å². The van der Waals surface area contributed by atoms with Crippen molar-refractivity contribution in [1.29, 1.82) is 0 Å². The average molecular weight is 460 g/mol. The number of nitrogens with zero attached hydrogens (tertiary/aromatic N) is 3. The standard InChI is InChI=1S/C25H34ClN3O3/c1-18(2)15-28(16-19(3)4)24-11-10-22(29(30)31)14-23(24)25-27(12-5-13-32-25)17-20-6-8-21(26)9-7-20/h6-11,14,18-19,25H,5,12-13,15-17H2,1-4H3/t25-/m0/s1. The summed E-state index contributed by atoms with van der Waals surface area (Å²) in [6.45, 7) is 12.7. The summed E-state index contributed by atoms with van der Waals surface area (Å²) >= 11 is 6.06. The van der Waals surface area contributed by atoms with Gasteiger partial charge in [0.05, 0.1) is 11.5 Å². The van der Waals surface area contributed by atoms with Gasteiger partial charge in [0.2, 0.25) is 0 Å². The van der Waals surface area contributed by atoms with Crippen molar-refractivity contribution in [3.63, 3.8) is 0 Å². The maximum Gasteiger partial charge on any atom is 0.270 e. The van der Waals surface area contributed by atoms with Crippen LogP contribution in [0.3, 0.4) is 0 Å². The first kappa shape index (κ1) is 24.5. The van der Waals surface area contributed by atoms with Crippen LogP contribution >= 0.6 is 11.6 Å². The van der Waals surface area contributed by atoms with Crippen molar-refractivity contribution in [3.05, 3.63) is 68.7 Å². The van der Waals surface area contributed by atoms with E-state index < -0.39 is 0 Å². The van der Waals surface area contributed by atoms with Crippen molar-refractivity contribution in [1.82, 2.24) is 4.90 Å². The second-order valence-electron chi connectivity index (χ2n) is 9.37. The third kappa shape index (κ3) is 6.44. The predicted molar refractivity (Wildman–Crippen MR) is 130 cm³/mol. The van der Waals surface area contributed by atoms with E-state index in [-0.39, 0.29) is 16.8 Å². The number of nitro groups is 1. The van der Waals surface area contributed by atoms with Crippen LogP contribution in [-0.2, 0) is 11.3 Å². The molecular weight excluding hydrogens is 426 g/mol. The number of hydrogen-bond acceptors (Lipinski definition) is 5. The van der Waals surface area contributed by atoms with Gasteiger partial charge in [-0.3, -0.25) is 15.0 Å². The molecule has 0 amide bonds. The van der Waals surface area contributed by atoms with Gasteiger partial charge in [0.1, 0.15) is 6.23 Å². The zero-order valence-electron chi connectivity index (χ0n) is 19.5. The Morgan fingerprint density at radius 1 is 1.12 bits per heavy atom. The highest BCUT2D eigenvalue weighted by Crippen LogP contribution is 2.37. The van der Waals surface area contributed by atoms with Crippen molar-refractivity contribution < 1.29 is 9.66 Å². The molecule has 0 unspecified atom stereocenters. The van der Waals surface area contributed by atoms with E-state index in [1.807, 2.05) is 30.3 Å². The molecule has 1 aliphatic rings. The van der Waals surface area contributed by atoms with Crippen LogP contribution in [0, 0.1) is 22.0 Å². The second-order valence-corrected chi connectivity index (χ2v) is 9.80. The van der Waals surface area contributed by atoms with Crippen molar-refractivity contribution in [3.8, 4) is 0 Å². The van der Waals surface area contributed by atoms with E-state index in [0.717, 1.165) is 42.9 Å². The first-order valence-corrected chi connectivity index (χ1v) is 11.8. The quantitative estimate of drug-likeness (QED) is 0.326. The molecule has 0 spiro atoms. The van der Waals surface area contributed by atoms with Crippen molar-refractivity contribution in [2.24, 2.45) is 11.8 Å². The van der Waals surface area contributed by atoms with E-state index in [1.54, 1.807) is 12.1 Å². The van der Waals surface area contributed by atoms with Gasteiger partial charge in [0.15, 0.2) is 0 Å². The van der Waals surface area contributed by atoms with Crippen LogP contribution in [0.5, 0.6) is 0 Å². The monoisotopic (exact) mass is 459 g/mol. The molecule has 1 saturated heterocycles. The third-order valence-electron chi connectivity index (χ3n) is 5.50. The Morgan fingerprint density at radius 3 is 2.38 bits per heavy atom. The van der Waals surface area contributed by atoms with Gasteiger partial charge >= 0.3 is 0 Å². The maximum atomic E-state index is 11.6. The Bertz CT molecular complexity index is 892. The van der Waals surface area contributed by atoms with E-state index in [4.69, 9.17) is 16.3 Å². The summed E-state index contributed by atoms with van der Waals surface area (Å²) in [6, 6.07) is 13.0. The molecule has 0 saturated carbocycles. The lowest BCUT2D eigenvalue weighted by molar-refractivity contribution is -0.385. The van der Waals surface area contributed by atoms with Crippen LogP contribution < -0.4 is 4.90 Å². The smallest absolute Gasteiger partial charge is 0.270 e. The Morgan fingerprint density at radius 2 is 1.78 bits per heavy atom. The fourth-order valence-corrected chi connectivity index (χ4v) is 4.38. The van der Waals surface area contributed by atoms with Crippen LogP contribution in [0.4, 0.5) is 11.4 Å². The average Bonchev–Trinajstić information content (AvgIpc) is 2.74. The van der Waals surface area contributed by atoms with Crippen LogP contribution in [0.15, 0.2) is 42.5 Å². The molecule has 1 heterocycles. The van der Waals surface area contributed by atoms with Gasteiger partial charge in [-0.25, -0.2) is 0 Å². The summed E-state index contributed by atoms with van der Waals surface area (Å²) in [5, 5.41) is 12.3. The molecule has 0 bridgehead atoms. The van der Waals surface area contributed by atoms with E-state index >= 15 is 0 Å². The molecule has 0 N–H and O–H groups in total. The molecule has 1 fully saturated rings. The number of nitro benzene ring substituents is 1. The molecule has 1 aliphatic heterocycles. The third-order valence-corrected chi connectivity index (χ3v) is 5.75. The zero-order valence-corrected chi connectivity index (χ0v) is 20.2. The van der Waals surface area contributed by atoms with Gasteiger partial charge < -0.3 is 9.64 Å². The summed E-state index contributed by atoms with van der Waals surface area (Å²) in [5.41, 5.74) is 3.12. The lowest BCUT2D eigenvalue weighted by Crippen LogP contribution is -2.38. The molecule has 7 heteroatoms. The summed E-state index contributed by atoms with van der Waals surface area (Å²) in [6.07, 6.45) is 0.590. The Balaban J connectivity index is 2.01. The summed E-state index contributed by atoms with van der Waals surface area (Å²) < 4.78 is 6.26. The Hall–Kier alpha value is -2.15. The van der Waals surface area contributed by atoms with E-state index in [1.165, 1.54) is 0 Å². The minimum absolute atomic E-state index is 0.0958. The number of anilines is 1. The molecule has 2 aromatic rings. The number of benzene rings is 2. The predicted octanol–water partition coefficient (Wildman–Crippen LogP) is 6.29. The van der Waals surface area contributed by atoms with Crippen molar-refractivity contribution in [2.75, 3.05) is 31.1 Å². The second kappa shape index (κ2) is 11.1. The first-order chi connectivity index (χ1) is 15.2. The first-order valence-electron chi connectivity index (χ1n) is 11.4. The highest BCUT2D eigenvalue weighted by atomic mass is 35.5. The van der Waals surface area contributed by atoms with Gasteiger partial charge in [-0.1, -0.05) is 51.4 Å². The number of rotatable bonds is 9. The highest BCUT2D eigenvalue weighted by Gasteiger charge is 2.30. The van der Waals surface area contributed by atoms with Gasteiger partial charge in [-0.05, 0) is 42.0 Å². The summed E-state index contributed by atoms with van der Waals surface area (Å²) in [5.74, 6) is 0.934. The van der Waals surface area contributed by atoms with Gasteiger partial charge in [0, 0.05) is 54.6 Å². The van der Waals surface area contributed by atoms with Crippen LogP contribution in [0.1, 0.15) is 51.5 Å².